The highest BCUT2D eigenvalue weighted by atomic mass is 19.1. The molecule has 5 nitrogen and oxygen atoms in total. The molecule has 1 aromatic heterocycles. The van der Waals surface area contributed by atoms with Gasteiger partial charge in [0.2, 0.25) is 0 Å². The zero-order valence-corrected chi connectivity index (χ0v) is 17.7. The van der Waals surface area contributed by atoms with Crippen molar-refractivity contribution in [3.8, 4) is 11.1 Å². The third kappa shape index (κ3) is 4.43. The third-order valence-electron chi connectivity index (χ3n) is 5.73. The van der Waals surface area contributed by atoms with Crippen molar-refractivity contribution < 1.29 is 18.5 Å². The highest BCUT2D eigenvalue weighted by Crippen LogP contribution is 2.27. The molecule has 0 saturated carbocycles. The molecule has 31 heavy (non-hydrogen) atoms. The van der Waals surface area contributed by atoms with Crippen molar-refractivity contribution in [3.63, 3.8) is 0 Å². The first-order valence-electron chi connectivity index (χ1n) is 10.6. The molecule has 6 heteroatoms. The van der Waals surface area contributed by atoms with Crippen LogP contribution in [0.3, 0.4) is 0 Å². The Kier molecular flexibility index (Phi) is 5.98. The summed E-state index contributed by atoms with van der Waals surface area (Å²) in [4.78, 5) is 27.5. The molecule has 1 fully saturated rings. The van der Waals surface area contributed by atoms with Crippen LogP contribution in [0.25, 0.3) is 11.1 Å². The van der Waals surface area contributed by atoms with Crippen molar-refractivity contribution in [3.05, 3.63) is 77.4 Å². The van der Waals surface area contributed by atoms with E-state index >= 15 is 0 Å². The molecule has 2 heterocycles. The van der Waals surface area contributed by atoms with Gasteiger partial charge in [0.25, 0.3) is 5.91 Å². The number of Topliss-reactive ketones (excluding diaryl/α,β-unsaturated/α-hetero) is 1. The van der Waals surface area contributed by atoms with Crippen LogP contribution in [0.4, 0.5) is 4.39 Å². The maximum atomic E-state index is 14.7. The third-order valence-corrected chi connectivity index (χ3v) is 5.73. The second-order valence-corrected chi connectivity index (χ2v) is 8.28. The van der Waals surface area contributed by atoms with Crippen molar-refractivity contribution in [2.24, 2.45) is 5.92 Å². The number of nitrogens with zero attached hydrogens (tertiary/aromatic N) is 2. The van der Waals surface area contributed by atoms with Crippen LogP contribution >= 0.6 is 0 Å². The first-order chi connectivity index (χ1) is 14.9. The molecule has 0 spiro atoms. The molecule has 2 aromatic carbocycles. The van der Waals surface area contributed by atoms with E-state index in [1.165, 1.54) is 6.07 Å². The minimum atomic E-state index is -0.426. The molecule has 1 atom stereocenters. The number of aromatic nitrogens is 1. The number of likely N-dealkylation sites (tertiary alicyclic amines) is 1. The van der Waals surface area contributed by atoms with Gasteiger partial charge in [-0.3, -0.25) is 9.59 Å². The van der Waals surface area contributed by atoms with Gasteiger partial charge in [-0.15, -0.1) is 0 Å². The normalized spacial score (nSPS) is 16.5. The minimum Gasteiger partial charge on any atom is -0.360 e. The zero-order chi connectivity index (χ0) is 22.0. The summed E-state index contributed by atoms with van der Waals surface area (Å²) in [5.74, 6) is -0.376. The summed E-state index contributed by atoms with van der Waals surface area (Å²) < 4.78 is 20.0. The number of piperidine rings is 1. The molecule has 1 unspecified atom stereocenters. The second kappa shape index (κ2) is 8.84. The van der Waals surface area contributed by atoms with Gasteiger partial charge in [-0.2, -0.15) is 0 Å². The number of ketones is 1. The Morgan fingerprint density at radius 1 is 1.13 bits per heavy atom. The van der Waals surface area contributed by atoms with E-state index in [0.29, 0.717) is 42.8 Å². The van der Waals surface area contributed by atoms with E-state index in [1.807, 2.05) is 44.2 Å². The number of benzene rings is 2. The fourth-order valence-corrected chi connectivity index (χ4v) is 3.96. The lowest BCUT2D eigenvalue weighted by Gasteiger charge is -2.31. The van der Waals surface area contributed by atoms with E-state index < -0.39 is 5.82 Å². The van der Waals surface area contributed by atoms with Crippen LogP contribution in [-0.4, -0.2) is 34.8 Å². The van der Waals surface area contributed by atoms with Crippen LogP contribution in [0.5, 0.6) is 0 Å². The average Bonchev–Trinajstić information content (AvgIpc) is 3.29. The topological polar surface area (TPSA) is 63.4 Å². The van der Waals surface area contributed by atoms with Gasteiger partial charge in [0.15, 0.2) is 11.5 Å². The van der Waals surface area contributed by atoms with Crippen LogP contribution in [0, 0.1) is 11.7 Å². The Bertz CT molecular complexity index is 1090. The molecule has 0 bridgehead atoms. The molecule has 1 aliphatic heterocycles. The first-order valence-corrected chi connectivity index (χ1v) is 10.6. The molecule has 0 aliphatic carbocycles. The van der Waals surface area contributed by atoms with Crippen molar-refractivity contribution in [1.82, 2.24) is 10.1 Å². The molecule has 4 rings (SSSR count). The van der Waals surface area contributed by atoms with Crippen LogP contribution in [0.1, 0.15) is 59.2 Å². The van der Waals surface area contributed by atoms with Crippen molar-refractivity contribution >= 4 is 11.7 Å². The van der Waals surface area contributed by atoms with Gasteiger partial charge in [0, 0.05) is 42.1 Å². The number of carbonyl (C=O) groups excluding carboxylic acids is 2. The predicted octanol–water partition coefficient (Wildman–Crippen LogP) is 5.34. The highest BCUT2D eigenvalue weighted by Gasteiger charge is 2.31. The molecule has 1 aliphatic rings. The summed E-state index contributed by atoms with van der Waals surface area (Å²) in [5, 5.41) is 3.89. The van der Waals surface area contributed by atoms with Gasteiger partial charge in [0.05, 0.1) is 0 Å². The SMILES string of the molecule is CC(C)c1cc(C(=O)N2CCCC(C(=O)c3ccc(-c4ccccc4)c(F)c3)C2)no1. The summed E-state index contributed by atoms with van der Waals surface area (Å²) in [5.41, 5.74) is 1.82. The predicted molar refractivity (Wildman–Crippen MR) is 115 cm³/mol. The number of hydrogen-bond acceptors (Lipinski definition) is 4. The van der Waals surface area contributed by atoms with Crippen molar-refractivity contribution in [2.75, 3.05) is 13.1 Å². The molecule has 160 valence electrons. The second-order valence-electron chi connectivity index (χ2n) is 8.28. The molecule has 1 saturated heterocycles. The van der Waals surface area contributed by atoms with Crippen LogP contribution < -0.4 is 0 Å². The van der Waals surface area contributed by atoms with Crippen LogP contribution in [0.2, 0.25) is 0 Å². The fourth-order valence-electron chi connectivity index (χ4n) is 3.96. The molecule has 3 aromatic rings. The number of hydrogen-bond donors (Lipinski definition) is 0. The average molecular weight is 420 g/mol. The van der Waals surface area contributed by atoms with Gasteiger partial charge in [-0.25, -0.2) is 4.39 Å². The smallest absolute Gasteiger partial charge is 0.276 e. The first kappa shape index (κ1) is 21.0. The summed E-state index contributed by atoms with van der Waals surface area (Å²) in [6.45, 7) is 4.79. The Balaban J connectivity index is 1.48. The minimum absolute atomic E-state index is 0.137. The molecular formula is C25H25FN2O3. The van der Waals surface area contributed by atoms with E-state index in [-0.39, 0.29) is 29.2 Å². The monoisotopic (exact) mass is 420 g/mol. The summed E-state index contributed by atoms with van der Waals surface area (Å²) in [7, 11) is 0. The molecule has 0 N–H and O–H groups in total. The number of carbonyl (C=O) groups is 2. The van der Waals surface area contributed by atoms with Crippen LogP contribution in [-0.2, 0) is 0 Å². The van der Waals surface area contributed by atoms with Gasteiger partial charge in [-0.05, 0) is 24.5 Å². The van der Waals surface area contributed by atoms with E-state index in [0.717, 1.165) is 5.56 Å². The van der Waals surface area contributed by atoms with E-state index in [4.69, 9.17) is 4.52 Å². The molecule has 0 radical (unpaired) electrons. The van der Waals surface area contributed by atoms with Crippen LogP contribution in [0.15, 0.2) is 59.1 Å². The Hall–Kier alpha value is -3.28. The number of rotatable bonds is 5. The standard InChI is InChI=1S/C25H25FN2O3/c1-16(2)23-14-22(27-31-23)25(30)28-12-6-9-19(15-28)24(29)18-10-11-20(21(26)13-18)17-7-4-3-5-8-17/h3-5,7-8,10-11,13-14,16,19H,6,9,12,15H2,1-2H3. The van der Waals surface area contributed by atoms with E-state index in [9.17, 15) is 14.0 Å². The van der Waals surface area contributed by atoms with E-state index in [2.05, 4.69) is 5.16 Å². The summed E-state index contributed by atoms with van der Waals surface area (Å²) in [6.07, 6.45) is 1.38. The lowest BCUT2D eigenvalue weighted by molar-refractivity contribution is 0.0628. The summed E-state index contributed by atoms with van der Waals surface area (Å²) in [6, 6.07) is 15.5. The quantitative estimate of drug-likeness (QED) is 0.523. The number of halogens is 1. The zero-order valence-electron chi connectivity index (χ0n) is 17.7. The van der Waals surface area contributed by atoms with E-state index in [1.54, 1.807) is 23.1 Å². The largest absolute Gasteiger partial charge is 0.360 e. The Labute approximate surface area is 180 Å². The lowest BCUT2D eigenvalue weighted by Crippen LogP contribution is -2.42. The van der Waals surface area contributed by atoms with Gasteiger partial charge in [-0.1, -0.05) is 61.5 Å². The molecule has 1 amide bonds. The molecular weight excluding hydrogens is 395 g/mol. The fraction of sp³-hybridized carbons (Fsp3) is 0.320. The lowest BCUT2D eigenvalue weighted by atomic mass is 9.89. The van der Waals surface area contributed by atoms with Crippen molar-refractivity contribution in [1.29, 1.82) is 0 Å². The Morgan fingerprint density at radius 2 is 1.90 bits per heavy atom. The summed E-state index contributed by atoms with van der Waals surface area (Å²) >= 11 is 0. The van der Waals surface area contributed by atoms with Gasteiger partial charge in [0.1, 0.15) is 11.6 Å². The van der Waals surface area contributed by atoms with Crippen molar-refractivity contribution in [2.45, 2.75) is 32.6 Å². The Morgan fingerprint density at radius 3 is 2.58 bits per heavy atom. The number of amides is 1. The maximum absolute atomic E-state index is 14.7. The maximum Gasteiger partial charge on any atom is 0.276 e. The van der Waals surface area contributed by atoms with Gasteiger partial charge >= 0.3 is 0 Å². The highest BCUT2D eigenvalue weighted by molar-refractivity contribution is 5.99. The van der Waals surface area contributed by atoms with Gasteiger partial charge < -0.3 is 9.42 Å².